The first-order chi connectivity index (χ1) is 7.13. The van der Waals surface area contributed by atoms with Crippen LogP contribution in [0.15, 0.2) is 18.2 Å². The summed E-state index contributed by atoms with van der Waals surface area (Å²) in [4.78, 5) is 0. The fourth-order valence-corrected chi connectivity index (χ4v) is 2.18. The van der Waals surface area contributed by atoms with Crippen molar-refractivity contribution in [3.8, 4) is 0 Å². The summed E-state index contributed by atoms with van der Waals surface area (Å²) in [5, 5.41) is 3.35. The van der Waals surface area contributed by atoms with E-state index < -0.39 is 0 Å². The maximum Gasteiger partial charge on any atom is 0.124 e. The van der Waals surface area contributed by atoms with Crippen LogP contribution in [0.5, 0.6) is 0 Å². The van der Waals surface area contributed by atoms with E-state index in [2.05, 4.69) is 41.8 Å². The summed E-state index contributed by atoms with van der Waals surface area (Å²) in [5.41, 5.74) is 1.03. The summed E-state index contributed by atoms with van der Waals surface area (Å²) in [6.45, 7) is 5.38. The monoisotopic (exact) mass is 321 g/mol. The van der Waals surface area contributed by atoms with Crippen LogP contribution in [0.25, 0.3) is 0 Å². The van der Waals surface area contributed by atoms with E-state index in [-0.39, 0.29) is 5.82 Å². The molecule has 0 spiro atoms. The molecule has 0 bridgehead atoms. The zero-order chi connectivity index (χ0) is 11.3. The Balaban J connectivity index is 2.50. The van der Waals surface area contributed by atoms with Crippen molar-refractivity contribution in [3.63, 3.8) is 0 Å². The van der Waals surface area contributed by atoms with Crippen LogP contribution in [0.4, 0.5) is 10.1 Å². The van der Waals surface area contributed by atoms with E-state index >= 15 is 0 Å². The molecule has 1 aromatic rings. The van der Waals surface area contributed by atoms with Gasteiger partial charge in [-0.1, -0.05) is 20.3 Å². The van der Waals surface area contributed by atoms with Crippen molar-refractivity contribution in [2.75, 3.05) is 11.9 Å². The highest BCUT2D eigenvalue weighted by atomic mass is 127. The maximum atomic E-state index is 12.8. The lowest BCUT2D eigenvalue weighted by molar-refractivity contribution is 0.550. The Morgan fingerprint density at radius 3 is 2.80 bits per heavy atom. The highest BCUT2D eigenvalue weighted by Gasteiger charge is 2.03. The molecule has 0 aliphatic heterocycles. The molecule has 0 aliphatic rings. The van der Waals surface area contributed by atoms with E-state index in [0.717, 1.165) is 15.8 Å². The SMILES string of the molecule is CCCC(C)CNc1ccc(F)cc1I. The topological polar surface area (TPSA) is 12.0 Å². The number of rotatable bonds is 5. The second-order valence-corrected chi connectivity index (χ2v) is 5.06. The minimum Gasteiger partial charge on any atom is -0.384 e. The average molecular weight is 321 g/mol. The van der Waals surface area contributed by atoms with E-state index in [1.165, 1.54) is 18.9 Å². The molecule has 1 atom stereocenters. The molecule has 1 unspecified atom stereocenters. The fraction of sp³-hybridized carbons (Fsp3) is 0.500. The van der Waals surface area contributed by atoms with Crippen LogP contribution in [0.3, 0.4) is 0 Å². The van der Waals surface area contributed by atoms with Crippen LogP contribution in [-0.4, -0.2) is 6.54 Å². The van der Waals surface area contributed by atoms with Gasteiger partial charge in [0.25, 0.3) is 0 Å². The molecule has 0 heterocycles. The van der Waals surface area contributed by atoms with Crippen LogP contribution >= 0.6 is 22.6 Å². The van der Waals surface area contributed by atoms with Gasteiger partial charge in [-0.15, -0.1) is 0 Å². The zero-order valence-corrected chi connectivity index (χ0v) is 11.3. The summed E-state index contributed by atoms with van der Waals surface area (Å²) in [7, 11) is 0. The molecule has 1 aromatic carbocycles. The molecule has 0 radical (unpaired) electrons. The fourth-order valence-electron chi connectivity index (χ4n) is 1.51. The van der Waals surface area contributed by atoms with Crippen molar-refractivity contribution in [1.82, 2.24) is 0 Å². The molecule has 1 N–H and O–H groups in total. The number of hydrogen-bond donors (Lipinski definition) is 1. The van der Waals surface area contributed by atoms with Gasteiger partial charge in [0, 0.05) is 15.8 Å². The van der Waals surface area contributed by atoms with Gasteiger partial charge in [0.2, 0.25) is 0 Å². The maximum absolute atomic E-state index is 12.8. The number of halogens is 2. The van der Waals surface area contributed by atoms with Crippen LogP contribution < -0.4 is 5.32 Å². The summed E-state index contributed by atoms with van der Waals surface area (Å²) in [6, 6.07) is 4.85. The number of nitrogens with one attached hydrogen (secondary N) is 1. The van der Waals surface area contributed by atoms with Crippen molar-refractivity contribution in [2.45, 2.75) is 26.7 Å². The molecule has 0 saturated carbocycles. The van der Waals surface area contributed by atoms with Gasteiger partial charge in [-0.2, -0.15) is 0 Å². The summed E-state index contributed by atoms with van der Waals surface area (Å²) < 4.78 is 13.8. The van der Waals surface area contributed by atoms with Gasteiger partial charge in [-0.25, -0.2) is 4.39 Å². The van der Waals surface area contributed by atoms with Crippen LogP contribution in [0, 0.1) is 15.3 Å². The Bertz CT molecular complexity index is 314. The van der Waals surface area contributed by atoms with Crippen LogP contribution in [-0.2, 0) is 0 Å². The number of anilines is 1. The van der Waals surface area contributed by atoms with Gasteiger partial charge in [0.15, 0.2) is 0 Å². The van der Waals surface area contributed by atoms with Gasteiger partial charge in [-0.05, 0) is 53.1 Å². The van der Waals surface area contributed by atoms with Crippen molar-refractivity contribution in [1.29, 1.82) is 0 Å². The van der Waals surface area contributed by atoms with E-state index in [1.807, 2.05) is 0 Å². The molecule has 0 saturated heterocycles. The van der Waals surface area contributed by atoms with Crippen molar-refractivity contribution in [3.05, 3.63) is 27.6 Å². The first kappa shape index (κ1) is 12.7. The van der Waals surface area contributed by atoms with Crippen molar-refractivity contribution >= 4 is 28.3 Å². The largest absolute Gasteiger partial charge is 0.384 e. The van der Waals surface area contributed by atoms with Gasteiger partial charge in [0.1, 0.15) is 5.82 Å². The quantitative estimate of drug-likeness (QED) is 0.798. The summed E-state index contributed by atoms with van der Waals surface area (Å²) in [5.74, 6) is 0.488. The molecule has 3 heteroatoms. The smallest absolute Gasteiger partial charge is 0.124 e. The highest BCUT2D eigenvalue weighted by Crippen LogP contribution is 2.19. The van der Waals surface area contributed by atoms with E-state index in [9.17, 15) is 4.39 Å². The molecule has 1 rings (SSSR count). The normalized spacial score (nSPS) is 12.5. The van der Waals surface area contributed by atoms with E-state index in [0.29, 0.717) is 5.92 Å². The lowest BCUT2D eigenvalue weighted by Crippen LogP contribution is -2.11. The van der Waals surface area contributed by atoms with Crippen LogP contribution in [0.2, 0.25) is 0 Å². The molecular weight excluding hydrogens is 304 g/mol. The minimum atomic E-state index is -0.174. The second-order valence-electron chi connectivity index (χ2n) is 3.90. The standard InChI is InChI=1S/C12H17FIN/c1-3-4-9(2)8-15-12-6-5-10(13)7-11(12)14/h5-7,9,15H,3-4,8H2,1-2H3. The zero-order valence-electron chi connectivity index (χ0n) is 9.19. The van der Waals surface area contributed by atoms with E-state index in [1.54, 1.807) is 12.1 Å². The lowest BCUT2D eigenvalue weighted by atomic mass is 10.1. The Morgan fingerprint density at radius 2 is 2.20 bits per heavy atom. The third kappa shape index (κ3) is 4.36. The molecule has 0 aliphatic carbocycles. The molecule has 0 amide bonds. The van der Waals surface area contributed by atoms with Gasteiger partial charge in [-0.3, -0.25) is 0 Å². The Labute approximate surface area is 105 Å². The minimum absolute atomic E-state index is 0.174. The molecular formula is C12H17FIN. The first-order valence-electron chi connectivity index (χ1n) is 5.32. The molecule has 1 nitrogen and oxygen atoms in total. The summed E-state index contributed by atoms with van der Waals surface area (Å²) in [6.07, 6.45) is 2.44. The van der Waals surface area contributed by atoms with Gasteiger partial charge >= 0.3 is 0 Å². The molecule has 0 fully saturated rings. The van der Waals surface area contributed by atoms with Crippen molar-refractivity contribution < 1.29 is 4.39 Å². The van der Waals surface area contributed by atoms with Crippen LogP contribution in [0.1, 0.15) is 26.7 Å². The Hall–Kier alpha value is -0.320. The van der Waals surface area contributed by atoms with Crippen molar-refractivity contribution in [2.24, 2.45) is 5.92 Å². The highest BCUT2D eigenvalue weighted by molar-refractivity contribution is 14.1. The predicted octanol–water partition coefficient (Wildman–Crippen LogP) is 4.28. The molecule has 0 aromatic heterocycles. The van der Waals surface area contributed by atoms with Gasteiger partial charge < -0.3 is 5.32 Å². The Morgan fingerprint density at radius 1 is 1.47 bits per heavy atom. The third-order valence-electron chi connectivity index (χ3n) is 2.35. The average Bonchev–Trinajstić information content (AvgIpc) is 2.17. The number of benzene rings is 1. The number of hydrogen-bond acceptors (Lipinski definition) is 1. The predicted molar refractivity (Wildman–Crippen MR) is 71.7 cm³/mol. The molecule has 15 heavy (non-hydrogen) atoms. The first-order valence-corrected chi connectivity index (χ1v) is 6.40. The lowest BCUT2D eigenvalue weighted by Gasteiger charge is -2.13. The van der Waals surface area contributed by atoms with Gasteiger partial charge in [0.05, 0.1) is 0 Å². The summed E-state index contributed by atoms with van der Waals surface area (Å²) >= 11 is 2.15. The van der Waals surface area contributed by atoms with E-state index in [4.69, 9.17) is 0 Å². The third-order valence-corrected chi connectivity index (χ3v) is 3.25. The Kier molecular flexibility index (Phi) is 5.36. The second kappa shape index (κ2) is 6.30. The molecule has 84 valence electrons.